The van der Waals surface area contributed by atoms with Crippen molar-refractivity contribution in [3.63, 3.8) is 0 Å². The van der Waals surface area contributed by atoms with Gasteiger partial charge in [0.2, 0.25) is 0 Å². The monoisotopic (exact) mass is 897 g/mol. The van der Waals surface area contributed by atoms with E-state index in [0.29, 0.717) is 25.2 Å². The number of rotatable bonds is 12. The lowest BCUT2D eigenvalue weighted by Crippen LogP contribution is -2.45. The van der Waals surface area contributed by atoms with Crippen LogP contribution < -0.4 is 9.80 Å². The molecule has 0 radical (unpaired) electrons. The quantitative estimate of drug-likeness (QED) is 0.139. The molecular formula is C52H72N12O2. The predicted molar refractivity (Wildman–Crippen MR) is 263 cm³/mol. The third-order valence-electron chi connectivity index (χ3n) is 14.7. The molecule has 352 valence electrons. The van der Waals surface area contributed by atoms with Gasteiger partial charge in [-0.15, -0.1) is 0 Å². The topological polar surface area (TPSA) is 120 Å². The summed E-state index contributed by atoms with van der Waals surface area (Å²) in [5.74, 6) is 2.26. The summed E-state index contributed by atoms with van der Waals surface area (Å²) in [4.78, 5) is 34.2. The fourth-order valence-electron chi connectivity index (χ4n) is 11.0. The predicted octanol–water partition coefficient (Wildman–Crippen LogP) is 6.52. The fraction of sp³-hybridized carbons (Fsp3) is 0.538. The normalized spacial score (nSPS) is 19.6. The zero-order valence-corrected chi connectivity index (χ0v) is 40.2. The average molecular weight is 897 g/mol. The van der Waals surface area contributed by atoms with Gasteiger partial charge in [0.05, 0.1) is 59.5 Å². The SMILES string of the molecule is CC(C)N(Cc1nc2cccc(N3CCN(C)CC3)n2c1CO)[C@H]1CCCc2cccnc21.CC(C)N(Cc1nc2cccc(N3CCN(C)CC3)n2c1CO)[C@H]1CCCc2cccnc21. The number of hydrogen-bond acceptors (Lipinski definition) is 12. The van der Waals surface area contributed by atoms with Crippen LogP contribution in [0.2, 0.25) is 0 Å². The van der Waals surface area contributed by atoms with Crippen molar-refractivity contribution >= 4 is 22.9 Å². The highest BCUT2D eigenvalue weighted by Gasteiger charge is 2.33. The average Bonchev–Trinajstić information content (AvgIpc) is 3.90. The molecule has 8 heterocycles. The summed E-state index contributed by atoms with van der Waals surface area (Å²) in [7, 11) is 4.34. The molecule has 2 saturated heterocycles. The minimum Gasteiger partial charge on any atom is -0.390 e. The molecule has 0 spiro atoms. The number of pyridine rings is 4. The van der Waals surface area contributed by atoms with Crippen LogP contribution in [0.3, 0.4) is 0 Å². The van der Waals surface area contributed by atoms with Crippen LogP contribution in [0.5, 0.6) is 0 Å². The lowest BCUT2D eigenvalue weighted by molar-refractivity contribution is 0.123. The van der Waals surface area contributed by atoms with E-state index in [9.17, 15) is 10.2 Å². The van der Waals surface area contributed by atoms with E-state index in [-0.39, 0.29) is 25.3 Å². The van der Waals surface area contributed by atoms with E-state index in [1.807, 2.05) is 24.5 Å². The van der Waals surface area contributed by atoms with Crippen LogP contribution in [-0.4, -0.2) is 137 Å². The first kappa shape index (κ1) is 46.2. The van der Waals surface area contributed by atoms with Crippen LogP contribution in [0.4, 0.5) is 11.6 Å². The van der Waals surface area contributed by atoms with Crippen LogP contribution in [0.15, 0.2) is 73.1 Å². The molecule has 4 aliphatic rings. The van der Waals surface area contributed by atoms with Gasteiger partial charge in [-0.3, -0.25) is 28.6 Å². The molecule has 0 unspecified atom stereocenters. The summed E-state index contributed by atoms with van der Waals surface area (Å²) in [6.07, 6.45) is 10.6. The number of piperazine rings is 2. The van der Waals surface area contributed by atoms with Crippen molar-refractivity contribution in [2.24, 2.45) is 0 Å². The first-order valence-corrected chi connectivity index (χ1v) is 24.6. The summed E-state index contributed by atoms with van der Waals surface area (Å²) in [6, 6.07) is 22.4. The largest absolute Gasteiger partial charge is 0.390 e. The Morgan fingerprint density at radius 2 is 0.970 bits per heavy atom. The van der Waals surface area contributed by atoms with Gasteiger partial charge in [-0.1, -0.05) is 24.3 Å². The lowest BCUT2D eigenvalue weighted by atomic mass is 9.90. The Bertz CT molecular complexity index is 2380. The molecule has 2 aliphatic heterocycles. The second kappa shape index (κ2) is 20.5. The number of aromatic nitrogens is 6. The molecule has 66 heavy (non-hydrogen) atoms. The summed E-state index contributed by atoms with van der Waals surface area (Å²) in [5.41, 5.74) is 10.7. The minimum atomic E-state index is -0.0211. The minimum absolute atomic E-state index is 0.0211. The Kier molecular flexibility index (Phi) is 14.3. The molecule has 6 aromatic heterocycles. The molecule has 0 aromatic carbocycles. The molecule has 2 atom stereocenters. The van der Waals surface area contributed by atoms with Gasteiger partial charge in [0.1, 0.15) is 22.9 Å². The van der Waals surface area contributed by atoms with Gasteiger partial charge in [-0.25, -0.2) is 9.97 Å². The molecule has 10 rings (SSSR count). The number of aliphatic hydroxyl groups is 2. The Morgan fingerprint density at radius 1 is 0.561 bits per heavy atom. The van der Waals surface area contributed by atoms with Crippen molar-refractivity contribution in [2.75, 3.05) is 76.3 Å². The number of imidazole rings is 2. The van der Waals surface area contributed by atoms with Gasteiger partial charge in [-0.05, 0) is 128 Å². The van der Waals surface area contributed by atoms with Gasteiger partial charge in [0, 0.05) is 89.9 Å². The van der Waals surface area contributed by atoms with Gasteiger partial charge in [0.15, 0.2) is 0 Å². The zero-order chi connectivity index (χ0) is 45.9. The van der Waals surface area contributed by atoms with Gasteiger partial charge < -0.3 is 29.8 Å². The van der Waals surface area contributed by atoms with Crippen LogP contribution in [0, 0.1) is 0 Å². The fourth-order valence-corrected chi connectivity index (χ4v) is 11.0. The van der Waals surface area contributed by atoms with Crippen LogP contribution in [0.25, 0.3) is 11.3 Å². The molecule has 0 amide bonds. The van der Waals surface area contributed by atoms with E-state index in [2.05, 4.69) is 129 Å². The van der Waals surface area contributed by atoms with Crippen molar-refractivity contribution in [3.8, 4) is 0 Å². The highest BCUT2D eigenvalue weighted by Crippen LogP contribution is 2.37. The number of fused-ring (bicyclic) bond motifs is 4. The standard InChI is InChI=1S/2C26H36N6O/c2*1-19(2)31(22-9-4-7-20-8-6-12-27-26(20)22)17-21-23(18-33)32-24(28-21)10-5-11-25(32)30-15-13-29(3)14-16-30/h2*5-6,8,10-12,19,22,33H,4,7,9,13-18H2,1-3H3/t2*22-/m00/s1. The number of likely N-dealkylation sites (N-methyl/N-ethyl adjacent to an activating group) is 2. The summed E-state index contributed by atoms with van der Waals surface area (Å²) in [6.45, 7) is 18.5. The van der Waals surface area contributed by atoms with E-state index in [1.54, 1.807) is 0 Å². The van der Waals surface area contributed by atoms with E-state index < -0.39 is 0 Å². The molecule has 14 nitrogen and oxygen atoms in total. The highest BCUT2D eigenvalue weighted by molar-refractivity contribution is 5.56. The smallest absolute Gasteiger partial charge is 0.138 e. The number of aryl methyl sites for hydroxylation is 2. The van der Waals surface area contributed by atoms with E-state index in [1.165, 1.54) is 35.4 Å². The molecule has 2 aliphatic carbocycles. The van der Waals surface area contributed by atoms with Crippen LogP contribution in [-0.2, 0) is 39.1 Å². The molecule has 0 saturated carbocycles. The molecule has 2 fully saturated rings. The molecule has 6 aromatic rings. The number of nitrogens with zero attached hydrogens (tertiary/aromatic N) is 12. The maximum absolute atomic E-state index is 10.5. The summed E-state index contributed by atoms with van der Waals surface area (Å²) in [5, 5.41) is 20.9. The number of hydrogen-bond donors (Lipinski definition) is 2. The van der Waals surface area contributed by atoms with Crippen molar-refractivity contribution < 1.29 is 10.2 Å². The lowest BCUT2D eigenvalue weighted by Gasteiger charge is -2.37. The maximum Gasteiger partial charge on any atom is 0.138 e. The summed E-state index contributed by atoms with van der Waals surface area (Å²) >= 11 is 0. The molecule has 14 heteroatoms. The Hall–Kier alpha value is -4.96. The zero-order valence-electron chi connectivity index (χ0n) is 40.2. The van der Waals surface area contributed by atoms with Crippen molar-refractivity contribution in [1.82, 2.24) is 48.3 Å². The van der Waals surface area contributed by atoms with Gasteiger partial charge in [0.25, 0.3) is 0 Å². The van der Waals surface area contributed by atoms with E-state index >= 15 is 0 Å². The Morgan fingerprint density at radius 3 is 1.35 bits per heavy atom. The number of aliphatic hydroxyl groups excluding tert-OH is 2. The number of anilines is 2. The first-order chi connectivity index (χ1) is 32.1. The van der Waals surface area contributed by atoms with Crippen LogP contribution in [0.1, 0.15) is 111 Å². The Balaban J connectivity index is 0.000000166. The van der Waals surface area contributed by atoms with Crippen molar-refractivity contribution in [3.05, 3.63) is 118 Å². The van der Waals surface area contributed by atoms with Crippen LogP contribution >= 0.6 is 0 Å². The second-order valence-electron chi connectivity index (χ2n) is 19.5. The van der Waals surface area contributed by atoms with Crippen molar-refractivity contribution in [2.45, 2.75) is 117 Å². The van der Waals surface area contributed by atoms with Gasteiger partial charge in [-0.2, -0.15) is 0 Å². The molecular weight excluding hydrogens is 825 g/mol. The maximum atomic E-state index is 10.5. The Labute approximate surface area is 391 Å². The first-order valence-electron chi connectivity index (χ1n) is 24.6. The van der Waals surface area contributed by atoms with Gasteiger partial charge >= 0.3 is 0 Å². The van der Waals surface area contributed by atoms with Crippen molar-refractivity contribution in [1.29, 1.82) is 0 Å². The second-order valence-corrected chi connectivity index (χ2v) is 19.5. The van der Waals surface area contributed by atoms with E-state index in [4.69, 9.17) is 19.9 Å². The molecule has 0 bridgehead atoms. The summed E-state index contributed by atoms with van der Waals surface area (Å²) < 4.78 is 4.35. The third-order valence-corrected chi connectivity index (χ3v) is 14.7. The third kappa shape index (κ3) is 9.45. The highest BCUT2D eigenvalue weighted by atomic mass is 16.3. The van der Waals surface area contributed by atoms with E-state index in [0.717, 1.165) is 124 Å². The molecule has 2 N–H and O–H groups in total.